The van der Waals surface area contributed by atoms with Crippen LogP contribution in [0.5, 0.6) is 5.75 Å². The summed E-state index contributed by atoms with van der Waals surface area (Å²) in [5.41, 5.74) is 0.178. The minimum atomic E-state index is -4.42. The van der Waals surface area contributed by atoms with E-state index in [1.54, 1.807) is 6.92 Å². The number of rotatable bonds is 9. The van der Waals surface area contributed by atoms with Gasteiger partial charge in [0.05, 0.1) is 40.9 Å². The number of carbonyl (C=O) groups is 1. The number of hydrogen-bond acceptors (Lipinski definition) is 7. The number of benzene rings is 3. The number of hydrogen-bond donors (Lipinski definition) is 2. The molecule has 0 bridgehead atoms. The van der Waals surface area contributed by atoms with E-state index >= 15 is 0 Å². The molecule has 0 unspecified atom stereocenters. The zero-order chi connectivity index (χ0) is 36.6. The fourth-order valence-corrected chi connectivity index (χ4v) is 6.81. The molecule has 3 aromatic carbocycles. The number of alkyl halides is 3. The maximum absolute atomic E-state index is 14.3. The number of anilines is 1. The molecule has 0 saturated carbocycles. The molecule has 14 heteroatoms. The Morgan fingerprint density at radius 2 is 1.72 bits per heavy atom. The van der Waals surface area contributed by atoms with E-state index in [2.05, 4.69) is 4.72 Å². The molecule has 0 fully saturated rings. The Labute approximate surface area is 291 Å². The van der Waals surface area contributed by atoms with Gasteiger partial charge < -0.3 is 19.5 Å². The van der Waals surface area contributed by atoms with Crippen LogP contribution in [-0.2, 0) is 27.5 Å². The lowest BCUT2D eigenvalue weighted by Crippen LogP contribution is -2.47. The van der Waals surface area contributed by atoms with Crippen molar-refractivity contribution in [2.24, 2.45) is 5.92 Å². The van der Waals surface area contributed by atoms with E-state index in [1.165, 1.54) is 35.2 Å². The van der Waals surface area contributed by atoms with Crippen LogP contribution in [0.15, 0.2) is 71.6 Å². The van der Waals surface area contributed by atoms with Gasteiger partial charge in [-0.05, 0) is 100 Å². The molecule has 1 heterocycles. The van der Waals surface area contributed by atoms with Crippen LogP contribution in [0.3, 0.4) is 0 Å². The van der Waals surface area contributed by atoms with Gasteiger partial charge in [-0.2, -0.15) is 13.2 Å². The molecule has 0 spiro atoms. The third kappa shape index (κ3) is 10.6. The summed E-state index contributed by atoms with van der Waals surface area (Å²) in [5, 5.41) is 10.2. The van der Waals surface area contributed by atoms with Crippen LogP contribution < -0.4 is 9.46 Å². The first-order chi connectivity index (χ1) is 23.6. The second-order valence-corrected chi connectivity index (χ2v) is 14.6. The number of ether oxygens (including phenoxy) is 2. The highest BCUT2D eigenvalue weighted by molar-refractivity contribution is 7.92. The van der Waals surface area contributed by atoms with E-state index in [0.29, 0.717) is 31.7 Å². The molecule has 9 nitrogen and oxygen atoms in total. The second-order valence-electron chi connectivity index (χ2n) is 13.0. The molecule has 0 saturated heterocycles. The molecule has 1 amide bonds. The van der Waals surface area contributed by atoms with Crippen molar-refractivity contribution in [3.8, 4) is 5.75 Å². The van der Waals surface area contributed by atoms with Crippen molar-refractivity contribution in [3.63, 3.8) is 0 Å². The smallest absolute Gasteiger partial charge is 0.416 e. The van der Waals surface area contributed by atoms with Crippen molar-refractivity contribution in [1.29, 1.82) is 0 Å². The summed E-state index contributed by atoms with van der Waals surface area (Å²) in [6.07, 6.45) is -2.91. The Morgan fingerprint density at radius 1 is 1.04 bits per heavy atom. The van der Waals surface area contributed by atoms with Crippen molar-refractivity contribution in [2.75, 3.05) is 38.1 Å². The lowest BCUT2D eigenvalue weighted by molar-refractivity contribution is -0.137. The number of aliphatic hydroxyl groups is 1. The van der Waals surface area contributed by atoms with Crippen LogP contribution in [0.2, 0.25) is 0 Å². The Morgan fingerprint density at radius 3 is 2.36 bits per heavy atom. The lowest BCUT2D eigenvalue weighted by Gasteiger charge is -2.36. The maximum Gasteiger partial charge on any atom is 0.416 e. The van der Waals surface area contributed by atoms with Gasteiger partial charge in [-0.25, -0.2) is 12.8 Å². The lowest BCUT2D eigenvalue weighted by atomic mass is 10.0. The molecule has 274 valence electrons. The zero-order valence-electron chi connectivity index (χ0n) is 28.6. The Kier molecular flexibility index (Phi) is 13.3. The van der Waals surface area contributed by atoms with Crippen LogP contribution >= 0.6 is 0 Å². The molecule has 50 heavy (non-hydrogen) atoms. The number of fused-ring (bicyclic) bond motifs is 1. The van der Waals surface area contributed by atoms with Crippen molar-refractivity contribution in [2.45, 2.75) is 75.9 Å². The molecular weight excluding hydrogens is 678 g/mol. The first-order valence-corrected chi connectivity index (χ1v) is 18.0. The largest absolute Gasteiger partial charge is 0.490 e. The van der Waals surface area contributed by atoms with E-state index in [-0.39, 0.29) is 53.2 Å². The van der Waals surface area contributed by atoms with E-state index in [4.69, 9.17) is 9.47 Å². The minimum absolute atomic E-state index is 0.0922. The number of halogens is 4. The SMILES string of the molecule is C[C@H]1CCCCO[C@@H](CN(C)Cc2ccc(C(F)(F)F)cc2)[C@@H](C)CN([C@@H](C)CO)C(=O)c2cc(NS(=O)(=O)c3ccc(F)cc3)ccc2O1. The first-order valence-electron chi connectivity index (χ1n) is 16.5. The van der Waals surface area contributed by atoms with Gasteiger partial charge >= 0.3 is 6.18 Å². The molecule has 0 radical (unpaired) electrons. The highest BCUT2D eigenvalue weighted by atomic mass is 32.2. The van der Waals surface area contributed by atoms with Crippen molar-refractivity contribution >= 4 is 21.6 Å². The van der Waals surface area contributed by atoms with Gasteiger partial charge in [-0.15, -0.1) is 0 Å². The van der Waals surface area contributed by atoms with Gasteiger partial charge in [0, 0.05) is 37.8 Å². The minimum Gasteiger partial charge on any atom is -0.490 e. The standard InChI is InChI=1S/C36H45F4N3O6S/c1-24-20-43(25(2)23-44)35(45)32-19-30(41-50(46,47)31-15-12-29(37)13-16-31)14-17-33(32)49-26(3)7-5-6-18-48-34(24)22-42(4)21-27-8-10-28(11-9-27)36(38,39)40/h8-17,19,24-26,34,41,44H,5-7,18,20-23H2,1-4H3/t24-,25-,26-,34-/m0/s1. The summed E-state index contributed by atoms with van der Waals surface area (Å²) in [6.45, 7) is 6.57. The van der Waals surface area contributed by atoms with Crippen molar-refractivity contribution in [3.05, 3.63) is 89.2 Å². The summed E-state index contributed by atoms with van der Waals surface area (Å²) >= 11 is 0. The average Bonchev–Trinajstić information content (AvgIpc) is 3.06. The van der Waals surface area contributed by atoms with Gasteiger partial charge in [-0.3, -0.25) is 14.4 Å². The molecule has 4 atom stereocenters. The van der Waals surface area contributed by atoms with Gasteiger partial charge in [-0.1, -0.05) is 19.1 Å². The number of aliphatic hydroxyl groups excluding tert-OH is 1. The van der Waals surface area contributed by atoms with E-state index in [9.17, 15) is 35.9 Å². The number of nitrogens with zero attached hydrogens (tertiary/aromatic N) is 2. The summed E-state index contributed by atoms with van der Waals surface area (Å²) in [7, 11) is -2.27. The average molecular weight is 724 g/mol. The Hall–Kier alpha value is -3.72. The normalized spacial score (nSPS) is 20.5. The highest BCUT2D eigenvalue weighted by Gasteiger charge is 2.32. The summed E-state index contributed by atoms with van der Waals surface area (Å²) in [4.78, 5) is 17.6. The number of likely N-dealkylation sites (N-methyl/N-ethyl adjacent to an activating group) is 1. The van der Waals surface area contributed by atoms with Crippen LogP contribution in [-0.4, -0.2) is 80.8 Å². The topological polar surface area (TPSA) is 108 Å². The quantitative estimate of drug-likeness (QED) is 0.241. The summed E-state index contributed by atoms with van der Waals surface area (Å²) in [5.74, 6) is -1.07. The fraction of sp³-hybridized carbons (Fsp3) is 0.472. The number of nitrogens with one attached hydrogen (secondary N) is 1. The molecular formula is C36H45F4N3O6S. The van der Waals surface area contributed by atoms with Gasteiger partial charge in [0.15, 0.2) is 0 Å². The van der Waals surface area contributed by atoms with Crippen LogP contribution in [0.25, 0.3) is 0 Å². The third-order valence-corrected chi connectivity index (χ3v) is 10.1. The molecule has 4 rings (SSSR count). The molecule has 2 N–H and O–H groups in total. The molecule has 0 aliphatic carbocycles. The second kappa shape index (κ2) is 17.0. The molecule has 1 aliphatic heterocycles. The Bertz CT molecular complexity index is 1670. The molecule has 1 aliphatic rings. The number of carbonyl (C=O) groups excluding carboxylic acids is 1. The van der Waals surface area contributed by atoms with E-state index in [0.717, 1.165) is 49.2 Å². The Balaban J connectivity index is 1.61. The monoisotopic (exact) mass is 723 g/mol. The molecule has 0 aromatic heterocycles. The predicted molar refractivity (Wildman–Crippen MR) is 182 cm³/mol. The summed E-state index contributed by atoms with van der Waals surface area (Å²) < 4.78 is 93.8. The maximum atomic E-state index is 14.3. The first kappa shape index (κ1) is 39.1. The predicted octanol–water partition coefficient (Wildman–Crippen LogP) is 6.57. The molecule has 3 aromatic rings. The number of amides is 1. The summed E-state index contributed by atoms with van der Waals surface area (Å²) in [6, 6.07) is 13.2. The van der Waals surface area contributed by atoms with Crippen LogP contribution in [0, 0.1) is 11.7 Å². The third-order valence-electron chi connectivity index (χ3n) is 8.65. The number of sulfonamides is 1. The van der Waals surface area contributed by atoms with Gasteiger partial charge in [0.25, 0.3) is 15.9 Å². The zero-order valence-corrected chi connectivity index (χ0v) is 29.4. The van der Waals surface area contributed by atoms with Crippen LogP contribution in [0.4, 0.5) is 23.2 Å². The van der Waals surface area contributed by atoms with Crippen molar-refractivity contribution < 1.29 is 45.4 Å². The van der Waals surface area contributed by atoms with Crippen LogP contribution in [0.1, 0.15) is 61.5 Å². The van der Waals surface area contributed by atoms with Gasteiger partial charge in [0.1, 0.15) is 11.6 Å². The van der Waals surface area contributed by atoms with Gasteiger partial charge in [0.2, 0.25) is 0 Å². The fourth-order valence-electron chi connectivity index (χ4n) is 5.76. The van der Waals surface area contributed by atoms with E-state index in [1.807, 2.05) is 25.8 Å². The highest BCUT2D eigenvalue weighted by Crippen LogP contribution is 2.31. The van der Waals surface area contributed by atoms with E-state index < -0.39 is 39.5 Å². The van der Waals surface area contributed by atoms with Crippen molar-refractivity contribution in [1.82, 2.24) is 9.80 Å².